The molecule has 1 aromatic carbocycles. The van der Waals surface area contributed by atoms with Crippen molar-refractivity contribution in [3.05, 3.63) is 45.8 Å². The summed E-state index contributed by atoms with van der Waals surface area (Å²) in [5.74, 6) is -1.26. The molecule has 1 saturated heterocycles. The Morgan fingerprint density at radius 3 is 2.88 bits per heavy atom. The lowest BCUT2D eigenvalue weighted by molar-refractivity contribution is -0.255. The quantitative estimate of drug-likeness (QED) is 0.649. The highest BCUT2D eigenvalue weighted by Gasteiger charge is 2.12. The highest BCUT2D eigenvalue weighted by molar-refractivity contribution is 7.17. The van der Waals surface area contributed by atoms with E-state index in [0.717, 1.165) is 31.2 Å². The van der Waals surface area contributed by atoms with Gasteiger partial charge in [0.2, 0.25) is 0 Å². The van der Waals surface area contributed by atoms with Gasteiger partial charge in [0.05, 0.1) is 41.1 Å². The van der Waals surface area contributed by atoms with Crippen molar-refractivity contribution in [1.82, 2.24) is 0 Å². The Kier molecular flexibility index (Phi) is 5.34. The van der Waals surface area contributed by atoms with Crippen molar-refractivity contribution in [2.24, 2.45) is 5.10 Å². The smallest absolute Gasteiger partial charge is 0.0916 e. The number of halogens is 1. The Morgan fingerprint density at radius 1 is 1.33 bits per heavy atom. The van der Waals surface area contributed by atoms with Crippen LogP contribution in [0.4, 0.5) is 10.7 Å². The Balaban J connectivity index is 1.65. The number of nitrogens with one attached hydrogen (secondary N) is 1. The second-order valence-electron chi connectivity index (χ2n) is 5.13. The van der Waals surface area contributed by atoms with Gasteiger partial charge >= 0.3 is 0 Å². The van der Waals surface area contributed by atoms with E-state index >= 15 is 0 Å². The number of hydrazone groups is 1. The lowest BCUT2D eigenvalue weighted by atomic mass is 10.2. The zero-order valence-corrected chi connectivity index (χ0v) is 14.3. The molecule has 0 radical (unpaired) electrons. The summed E-state index contributed by atoms with van der Waals surface area (Å²) in [6.07, 6.45) is 1.68. The minimum Gasteiger partial charge on any atom is -0.545 e. The summed E-state index contributed by atoms with van der Waals surface area (Å²) in [4.78, 5) is 14.1. The van der Waals surface area contributed by atoms with Gasteiger partial charge in [-0.25, -0.2) is 0 Å². The maximum Gasteiger partial charge on any atom is 0.0916 e. The molecule has 0 bridgehead atoms. The van der Waals surface area contributed by atoms with Crippen LogP contribution in [-0.4, -0.2) is 38.5 Å². The first-order valence-electron chi connectivity index (χ1n) is 7.36. The third-order valence-electron chi connectivity index (χ3n) is 3.51. The number of hydrogen-bond acceptors (Lipinski definition) is 7. The Bertz CT molecular complexity index is 757. The minimum atomic E-state index is -1.26. The van der Waals surface area contributed by atoms with Crippen LogP contribution in [0.1, 0.15) is 15.2 Å². The van der Waals surface area contributed by atoms with E-state index in [9.17, 15) is 9.90 Å². The van der Waals surface area contributed by atoms with Crippen LogP contribution in [0.15, 0.2) is 35.4 Å². The number of carbonyl (C=O) groups is 1. The number of hydrogen-bond donors (Lipinski definition) is 1. The van der Waals surface area contributed by atoms with Crippen LogP contribution >= 0.6 is 22.9 Å². The normalized spacial score (nSPS) is 15.0. The number of carboxylic acid groups (broad SMARTS) is 1. The van der Waals surface area contributed by atoms with Crippen molar-refractivity contribution in [3.63, 3.8) is 0 Å². The Hall–Kier alpha value is -2.09. The van der Waals surface area contributed by atoms with Crippen molar-refractivity contribution in [1.29, 1.82) is 0 Å². The molecule has 24 heavy (non-hydrogen) atoms. The van der Waals surface area contributed by atoms with Crippen LogP contribution in [0.25, 0.3) is 0 Å². The van der Waals surface area contributed by atoms with Gasteiger partial charge in [-0.2, -0.15) is 5.10 Å². The summed E-state index contributed by atoms with van der Waals surface area (Å²) in [6.45, 7) is 3.27. The average Bonchev–Trinajstić information content (AvgIpc) is 3.06. The van der Waals surface area contributed by atoms with Gasteiger partial charge < -0.3 is 19.5 Å². The number of thiophene rings is 1. The molecule has 2 aromatic rings. The van der Waals surface area contributed by atoms with E-state index in [0.29, 0.717) is 10.7 Å². The fraction of sp³-hybridized carbons (Fsp3) is 0.250. The first-order valence-corrected chi connectivity index (χ1v) is 8.55. The van der Waals surface area contributed by atoms with E-state index < -0.39 is 5.97 Å². The standard InChI is InChI=1S/C16H16ClN3O3S/c17-13-3-1-11(16(21)22)9-14(13)19-18-10-12-2-4-15(24-12)20-5-7-23-8-6-20/h1-4,9-10,19H,5-8H2,(H,21,22)/p-1/b18-10-. The van der Waals surface area contributed by atoms with Crippen molar-refractivity contribution in [2.45, 2.75) is 0 Å². The zero-order chi connectivity index (χ0) is 16.9. The summed E-state index contributed by atoms with van der Waals surface area (Å²) < 4.78 is 5.35. The molecular weight excluding hydrogens is 350 g/mol. The number of benzene rings is 1. The topological polar surface area (TPSA) is 77.0 Å². The summed E-state index contributed by atoms with van der Waals surface area (Å²) in [5, 5.41) is 16.6. The first kappa shape index (κ1) is 16.8. The van der Waals surface area contributed by atoms with Gasteiger partial charge in [0.1, 0.15) is 0 Å². The minimum absolute atomic E-state index is 0.0443. The average molecular weight is 365 g/mol. The van der Waals surface area contributed by atoms with Crippen molar-refractivity contribution >= 4 is 45.8 Å². The van der Waals surface area contributed by atoms with Gasteiger partial charge in [0, 0.05) is 18.0 Å². The molecule has 126 valence electrons. The van der Waals surface area contributed by atoms with E-state index in [4.69, 9.17) is 16.3 Å². The molecule has 1 aliphatic heterocycles. The Morgan fingerprint density at radius 2 is 2.12 bits per heavy atom. The molecular formula is C16H15ClN3O3S-. The number of rotatable bonds is 5. The molecule has 0 amide bonds. The van der Waals surface area contributed by atoms with Gasteiger partial charge in [-0.15, -0.1) is 11.3 Å². The largest absolute Gasteiger partial charge is 0.545 e. The van der Waals surface area contributed by atoms with E-state index in [-0.39, 0.29) is 5.56 Å². The molecule has 0 spiro atoms. The fourth-order valence-electron chi connectivity index (χ4n) is 2.27. The van der Waals surface area contributed by atoms with Crippen LogP contribution in [0, 0.1) is 0 Å². The van der Waals surface area contributed by atoms with E-state index in [1.807, 2.05) is 6.07 Å². The molecule has 0 unspecified atom stereocenters. The molecule has 8 heteroatoms. The highest BCUT2D eigenvalue weighted by Crippen LogP contribution is 2.26. The van der Waals surface area contributed by atoms with E-state index in [1.54, 1.807) is 17.6 Å². The SMILES string of the molecule is O=C([O-])c1ccc(Cl)c(N/N=C\c2ccc(N3CCOCC3)s2)c1. The third-order valence-corrected chi connectivity index (χ3v) is 4.92. The van der Waals surface area contributed by atoms with Gasteiger partial charge in [-0.05, 0) is 29.8 Å². The monoisotopic (exact) mass is 364 g/mol. The summed E-state index contributed by atoms with van der Waals surface area (Å²) in [5.41, 5.74) is 3.23. The van der Waals surface area contributed by atoms with Gasteiger partial charge in [-0.1, -0.05) is 17.7 Å². The molecule has 1 fully saturated rings. The van der Waals surface area contributed by atoms with Gasteiger partial charge in [0.25, 0.3) is 0 Å². The second-order valence-corrected chi connectivity index (χ2v) is 6.63. The van der Waals surface area contributed by atoms with E-state index in [2.05, 4.69) is 21.5 Å². The maximum absolute atomic E-state index is 10.9. The lowest BCUT2D eigenvalue weighted by Crippen LogP contribution is -2.35. The van der Waals surface area contributed by atoms with Crippen LogP contribution in [-0.2, 0) is 4.74 Å². The van der Waals surface area contributed by atoms with Crippen LogP contribution in [0.2, 0.25) is 5.02 Å². The number of carboxylic acids is 1. The number of carbonyl (C=O) groups excluding carboxylic acids is 1. The summed E-state index contributed by atoms with van der Waals surface area (Å²) >= 11 is 7.65. The number of anilines is 2. The molecule has 1 N–H and O–H groups in total. The molecule has 2 heterocycles. The number of aromatic carboxylic acids is 1. The van der Waals surface area contributed by atoms with Gasteiger partial charge in [0.15, 0.2) is 0 Å². The zero-order valence-electron chi connectivity index (χ0n) is 12.7. The maximum atomic E-state index is 10.9. The summed E-state index contributed by atoms with van der Waals surface area (Å²) in [7, 11) is 0. The highest BCUT2D eigenvalue weighted by atomic mass is 35.5. The summed E-state index contributed by atoms with van der Waals surface area (Å²) in [6, 6.07) is 8.32. The van der Waals surface area contributed by atoms with Crippen molar-refractivity contribution in [3.8, 4) is 0 Å². The van der Waals surface area contributed by atoms with Gasteiger partial charge in [-0.3, -0.25) is 5.43 Å². The third kappa shape index (κ3) is 4.05. The van der Waals surface area contributed by atoms with Crippen LogP contribution in [0.5, 0.6) is 0 Å². The fourth-order valence-corrected chi connectivity index (χ4v) is 3.36. The molecule has 1 aromatic heterocycles. The molecule has 0 saturated carbocycles. The van der Waals surface area contributed by atoms with E-state index in [1.165, 1.54) is 23.2 Å². The molecule has 0 atom stereocenters. The lowest BCUT2D eigenvalue weighted by Gasteiger charge is -2.27. The predicted octanol–water partition coefficient (Wildman–Crippen LogP) is 2.05. The second kappa shape index (κ2) is 7.65. The van der Waals surface area contributed by atoms with Crippen LogP contribution < -0.4 is 15.4 Å². The van der Waals surface area contributed by atoms with Crippen molar-refractivity contribution in [2.75, 3.05) is 36.6 Å². The predicted molar refractivity (Wildman–Crippen MR) is 94.4 cm³/mol. The molecule has 1 aliphatic rings. The number of morpholine rings is 1. The number of nitrogens with zero attached hydrogens (tertiary/aromatic N) is 2. The number of ether oxygens (including phenoxy) is 1. The molecule has 6 nitrogen and oxygen atoms in total. The van der Waals surface area contributed by atoms with Crippen LogP contribution in [0.3, 0.4) is 0 Å². The van der Waals surface area contributed by atoms with Crippen molar-refractivity contribution < 1.29 is 14.6 Å². The molecule has 0 aliphatic carbocycles. The Labute approximate surface area is 148 Å². The first-order chi connectivity index (χ1) is 11.6. The molecule has 3 rings (SSSR count).